The van der Waals surface area contributed by atoms with E-state index in [1.54, 1.807) is 0 Å². The van der Waals surface area contributed by atoms with Crippen molar-refractivity contribution in [2.45, 2.75) is 34.6 Å². The number of hydrogen-bond donors (Lipinski definition) is 0. The minimum Gasteiger partial charge on any atom is -0.102 e. The quantitative estimate of drug-likeness (QED) is 0.528. The van der Waals surface area contributed by atoms with Gasteiger partial charge in [0.2, 0.25) is 0 Å². The van der Waals surface area contributed by atoms with Crippen molar-refractivity contribution < 1.29 is 0 Å². The Morgan fingerprint density at radius 1 is 1.27 bits per heavy atom. The summed E-state index contributed by atoms with van der Waals surface area (Å²) >= 11 is 0. The highest BCUT2D eigenvalue weighted by Crippen LogP contribution is 2.28. The van der Waals surface area contributed by atoms with Crippen LogP contribution in [0.5, 0.6) is 0 Å². The molecule has 0 nitrogen and oxygen atoms in total. The predicted octanol–water partition coefficient (Wildman–Crippen LogP) is 3.80. The van der Waals surface area contributed by atoms with E-state index in [9.17, 15) is 0 Å². The third kappa shape index (κ3) is 4.02. The van der Waals surface area contributed by atoms with Crippen molar-refractivity contribution in [2.24, 2.45) is 11.3 Å². The van der Waals surface area contributed by atoms with Crippen LogP contribution < -0.4 is 0 Å². The van der Waals surface area contributed by atoms with Gasteiger partial charge in [-0.25, -0.2) is 0 Å². The summed E-state index contributed by atoms with van der Waals surface area (Å²) in [5.74, 6) is 0.493. The molecule has 0 spiro atoms. The fourth-order valence-electron chi connectivity index (χ4n) is 1.03. The highest BCUT2D eigenvalue weighted by Gasteiger charge is 2.18. The molecule has 11 heavy (non-hydrogen) atoms. The van der Waals surface area contributed by atoms with Crippen LogP contribution in [0.25, 0.3) is 0 Å². The second kappa shape index (κ2) is 3.75. The lowest BCUT2D eigenvalue weighted by molar-refractivity contribution is 0.343. The van der Waals surface area contributed by atoms with Gasteiger partial charge in [-0.3, -0.25) is 0 Å². The number of allylic oxidation sites excluding steroid dienone is 3. The molecular formula is C11H20. The molecule has 0 radical (unpaired) electrons. The summed E-state index contributed by atoms with van der Waals surface area (Å²) in [4.78, 5) is 0. The first-order valence-electron chi connectivity index (χ1n) is 4.15. The van der Waals surface area contributed by atoms with Gasteiger partial charge in [0.1, 0.15) is 0 Å². The average molecular weight is 152 g/mol. The van der Waals surface area contributed by atoms with Crippen LogP contribution in [-0.4, -0.2) is 0 Å². The van der Waals surface area contributed by atoms with Crippen LogP contribution in [0.4, 0.5) is 0 Å². The van der Waals surface area contributed by atoms with Gasteiger partial charge >= 0.3 is 0 Å². The smallest absolute Gasteiger partial charge is 0.000508 e. The Bertz CT molecular complexity index is 151. The first kappa shape index (κ1) is 10.5. The molecule has 0 heteroatoms. The van der Waals surface area contributed by atoms with Gasteiger partial charge in [0.05, 0.1) is 0 Å². The van der Waals surface area contributed by atoms with Crippen molar-refractivity contribution in [1.29, 1.82) is 0 Å². The topological polar surface area (TPSA) is 0 Å². The van der Waals surface area contributed by atoms with Crippen molar-refractivity contribution in [1.82, 2.24) is 0 Å². The molecule has 1 atom stereocenters. The molecule has 64 valence electrons. The highest BCUT2D eigenvalue weighted by molar-refractivity contribution is 5.06. The van der Waals surface area contributed by atoms with Crippen molar-refractivity contribution in [3.8, 4) is 0 Å². The monoisotopic (exact) mass is 152 g/mol. The van der Waals surface area contributed by atoms with E-state index in [0.29, 0.717) is 11.3 Å². The predicted molar refractivity (Wildman–Crippen MR) is 52.6 cm³/mol. The van der Waals surface area contributed by atoms with Gasteiger partial charge in [0.25, 0.3) is 0 Å². The maximum atomic E-state index is 3.84. The molecule has 0 aliphatic rings. The molecule has 0 heterocycles. The van der Waals surface area contributed by atoms with E-state index in [0.717, 1.165) is 0 Å². The minimum absolute atomic E-state index is 0.305. The molecule has 0 unspecified atom stereocenters. The van der Waals surface area contributed by atoms with E-state index in [1.165, 1.54) is 5.57 Å². The zero-order valence-corrected chi connectivity index (χ0v) is 8.44. The van der Waals surface area contributed by atoms with Gasteiger partial charge < -0.3 is 0 Å². The standard InChI is InChI=1S/C11H20/c1-7-10(8-9(2)3)11(4,5)6/h7-8,10H,1H2,2-6H3/t10-/m0/s1. The lowest BCUT2D eigenvalue weighted by Gasteiger charge is -2.25. The van der Waals surface area contributed by atoms with E-state index in [-0.39, 0.29) is 0 Å². The first-order valence-corrected chi connectivity index (χ1v) is 4.15. The first-order chi connectivity index (χ1) is 4.88. The van der Waals surface area contributed by atoms with Crippen LogP contribution in [0.3, 0.4) is 0 Å². The fraction of sp³-hybridized carbons (Fsp3) is 0.636. The summed E-state index contributed by atoms with van der Waals surface area (Å²) in [6, 6.07) is 0. The largest absolute Gasteiger partial charge is 0.102 e. The minimum atomic E-state index is 0.305. The van der Waals surface area contributed by atoms with Gasteiger partial charge in [-0.2, -0.15) is 0 Å². The normalized spacial score (nSPS) is 13.9. The van der Waals surface area contributed by atoms with Gasteiger partial charge in [0.15, 0.2) is 0 Å². The third-order valence-corrected chi connectivity index (χ3v) is 1.77. The Morgan fingerprint density at radius 3 is 1.82 bits per heavy atom. The van der Waals surface area contributed by atoms with Crippen LogP contribution in [0.15, 0.2) is 24.3 Å². The van der Waals surface area contributed by atoms with E-state index in [2.05, 4.69) is 47.3 Å². The molecule has 0 aromatic rings. The van der Waals surface area contributed by atoms with E-state index in [4.69, 9.17) is 0 Å². The lowest BCUT2D eigenvalue weighted by atomic mass is 9.80. The second-order valence-electron chi connectivity index (χ2n) is 4.37. The van der Waals surface area contributed by atoms with E-state index < -0.39 is 0 Å². The van der Waals surface area contributed by atoms with Crippen LogP contribution in [0.2, 0.25) is 0 Å². The van der Waals surface area contributed by atoms with Gasteiger partial charge in [-0.15, -0.1) is 6.58 Å². The zero-order chi connectivity index (χ0) is 9.07. The molecule has 0 aromatic heterocycles. The molecule has 0 bridgehead atoms. The van der Waals surface area contributed by atoms with Crippen LogP contribution in [-0.2, 0) is 0 Å². The molecule has 0 saturated carbocycles. The number of hydrogen-bond acceptors (Lipinski definition) is 0. The Balaban J connectivity index is 4.43. The number of rotatable bonds is 2. The van der Waals surface area contributed by atoms with Gasteiger partial charge in [0, 0.05) is 0 Å². The molecule has 0 fully saturated rings. The molecule has 0 aromatic carbocycles. The Labute approximate surface area is 71.0 Å². The van der Waals surface area contributed by atoms with Crippen molar-refractivity contribution in [3.63, 3.8) is 0 Å². The van der Waals surface area contributed by atoms with Gasteiger partial charge in [-0.05, 0) is 25.2 Å². The lowest BCUT2D eigenvalue weighted by Crippen LogP contribution is -2.16. The van der Waals surface area contributed by atoms with Crippen LogP contribution in [0.1, 0.15) is 34.6 Å². The zero-order valence-electron chi connectivity index (χ0n) is 8.44. The fourth-order valence-corrected chi connectivity index (χ4v) is 1.03. The maximum absolute atomic E-state index is 3.84. The Kier molecular flexibility index (Phi) is 3.57. The Morgan fingerprint density at radius 2 is 1.73 bits per heavy atom. The summed E-state index contributed by atoms with van der Waals surface area (Å²) in [7, 11) is 0. The summed E-state index contributed by atoms with van der Waals surface area (Å²) < 4.78 is 0. The molecule has 0 amide bonds. The highest BCUT2D eigenvalue weighted by atomic mass is 14.2. The summed E-state index contributed by atoms with van der Waals surface area (Å²) in [6.07, 6.45) is 4.29. The molecule has 0 aliphatic heterocycles. The molecule has 0 saturated heterocycles. The molecule has 0 aliphatic carbocycles. The van der Waals surface area contributed by atoms with E-state index in [1.807, 2.05) is 6.08 Å². The van der Waals surface area contributed by atoms with Gasteiger partial charge in [-0.1, -0.05) is 38.5 Å². The van der Waals surface area contributed by atoms with Crippen molar-refractivity contribution in [3.05, 3.63) is 24.3 Å². The average Bonchev–Trinajstić information content (AvgIpc) is 1.79. The second-order valence-corrected chi connectivity index (χ2v) is 4.37. The van der Waals surface area contributed by atoms with Crippen molar-refractivity contribution >= 4 is 0 Å². The molecule has 0 N–H and O–H groups in total. The SMILES string of the molecule is C=C[C@@H](C=C(C)C)C(C)(C)C. The van der Waals surface area contributed by atoms with E-state index >= 15 is 0 Å². The molecular weight excluding hydrogens is 132 g/mol. The summed E-state index contributed by atoms with van der Waals surface area (Å²) in [5.41, 5.74) is 1.67. The Hall–Kier alpha value is -0.520. The van der Waals surface area contributed by atoms with Crippen LogP contribution in [0, 0.1) is 11.3 Å². The molecule has 0 rings (SSSR count). The summed E-state index contributed by atoms with van der Waals surface area (Å²) in [6.45, 7) is 14.8. The summed E-state index contributed by atoms with van der Waals surface area (Å²) in [5, 5.41) is 0. The van der Waals surface area contributed by atoms with Crippen molar-refractivity contribution in [2.75, 3.05) is 0 Å². The van der Waals surface area contributed by atoms with Crippen LogP contribution >= 0.6 is 0 Å². The maximum Gasteiger partial charge on any atom is -0.000508 e. The third-order valence-electron chi connectivity index (χ3n) is 1.77.